The molecule has 1 aliphatic heterocycles. The summed E-state index contributed by atoms with van der Waals surface area (Å²) in [5.74, 6) is 0. The van der Waals surface area contributed by atoms with Crippen LogP contribution in [-0.2, 0) is 10.3 Å². The van der Waals surface area contributed by atoms with Crippen molar-refractivity contribution < 1.29 is 13.0 Å². The maximum absolute atomic E-state index is 11.1. The van der Waals surface area contributed by atoms with Crippen molar-refractivity contribution in [3.8, 4) is 0 Å². The zero-order chi connectivity index (χ0) is 14.0. The van der Waals surface area contributed by atoms with Gasteiger partial charge in [0.05, 0.1) is 5.69 Å². The van der Waals surface area contributed by atoms with Crippen LogP contribution in [0.25, 0.3) is 0 Å². The van der Waals surface area contributed by atoms with Crippen molar-refractivity contribution in [2.24, 2.45) is 0 Å². The van der Waals surface area contributed by atoms with Gasteiger partial charge in [0.2, 0.25) is 0 Å². The lowest BCUT2D eigenvalue weighted by atomic mass is 10.1. The minimum Gasteiger partial charge on any atom is -0.369 e. The van der Waals surface area contributed by atoms with Crippen LogP contribution in [-0.4, -0.2) is 46.2 Å². The molecule has 0 bridgehead atoms. The largest absolute Gasteiger partial charge is 0.369 e. The molecular formula is C12H19N3O3S. The molecule has 0 spiro atoms. The van der Waals surface area contributed by atoms with Crippen molar-refractivity contribution in [2.45, 2.75) is 6.92 Å². The summed E-state index contributed by atoms with van der Waals surface area (Å²) in [6.45, 7) is 5.72. The molecule has 1 saturated heterocycles. The topological polar surface area (TPSA) is 72.9 Å². The van der Waals surface area contributed by atoms with Crippen molar-refractivity contribution in [1.29, 1.82) is 0 Å². The first-order valence-electron chi connectivity index (χ1n) is 6.17. The average molecular weight is 285 g/mol. The molecule has 6 nitrogen and oxygen atoms in total. The zero-order valence-corrected chi connectivity index (χ0v) is 11.9. The van der Waals surface area contributed by atoms with Gasteiger partial charge in [0.15, 0.2) is 0 Å². The summed E-state index contributed by atoms with van der Waals surface area (Å²) < 4.78 is 32.1. The Morgan fingerprint density at radius 2 is 1.95 bits per heavy atom. The molecule has 1 aromatic carbocycles. The molecule has 1 aliphatic rings. The highest BCUT2D eigenvalue weighted by Gasteiger charge is 2.17. The van der Waals surface area contributed by atoms with Gasteiger partial charge in [0, 0.05) is 38.9 Å². The average Bonchev–Trinajstić information content (AvgIpc) is 2.37. The van der Waals surface area contributed by atoms with Crippen LogP contribution in [0.5, 0.6) is 0 Å². The number of hydrogen-bond acceptors (Lipinski definition) is 4. The summed E-state index contributed by atoms with van der Waals surface area (Å²) in [7, 11) is -2.87. The van der Waals surface area contributed by atoms with Gasteiger partial charge in [-0.15, -0.1) is 0 Å². The summed E-state index contributed by atoms with van der Waals surface area (Å²) in [5, 5.41) is 3.29. The minimum atomic E-state index is -4.20. The summed E-state index contributed by atoms with van der Waals surface area (Å²) in [6, 6.07) is 5.38. The van der Waals surface area contributed by atoms with Crippen LogP contribution in [0.4, 0.5) is 11.4 Å². The summed E-state index contributed by atoms with van der Waals surface area (Å²) in [5.41, 5.74) is 2.56. The third-order valence-corrected chi connectivity index (χ3v) is 4.25. The van der Waals surface area contributed by atoms with E-state index in [0.717, 1.165) is 41.7 Å². The normalized spacial score (nSPS) is 16.5. The van der Waals surface area contributed by atoms with Crippen molar-refractivity contribution in [3.63, 3.8) is 0 Å². The van der Waals surface area contributed by atoms with Crippen LogP contribution >= 0.6 is 0 Å². The molecule has 0 atom stereocenters. The van der Waals surface area contributed by atoms with Crippen molar-refractivity contribution in [3.05, 3.63) is 23.8 Å². The van der Waals surface area contributed by atoms with E-state index < -0.39 is 10.3 Å². The van der Waals surface area contributed by atoms with Crippen LogP contribution < -0.4 is 14.5 Å². The Bertz CT molecular complexity index is 553. The van der Waals surface area contributed by atoms with Gasteiger partial charge in [-0.25, -0.2) is 0 Å². The molecule has 1 heterocycles. The van der Waals surface area contributed by atoms with E-state index in [9.17, 15) is 8.42 Å². The van der Waals surface area contributed by atoms with Gasteiger partial charge in [-0.1, -0.05) is 0 Å². The molecule has 2 rings (SSSR count). The molecule has 106 valence electrons. The Morgan fingerprint density at radius 3 is 2.47 bits per heavy atom. The monoisotopic (exact) mass is 285 g/mol. The lowest BCUT2D eigenvalue weighted by Crippen LogP contribution is -2.43. The van der Waals surface area contributed by atoms with Crippen LogP contribution in [0.3, 0.4) is 0 Å². The summed E-state index contributed by atoms with van der Waals surface area (Å²) >= 11 is 0. The molecule has 0 unspecified atom stereocenters. The fourth-order valence-corrected chi connectivity index (χ4v) is 2.61. The van der Waals surface area contributed by atoms with Gasteiger partial charge in [-0.2, -0.15) is 8.42 Å². The Labute approximate surface area is 113 Å². The van der Waals surface area contributed by atoms with E-state index in [0.29, 0.717) is 5.69 Å². The fourth-order valence-electron chi connectivity index (χ4n) is 2.23. The Hall–Kier alpha value is -1.31. The maximum Gasteiger partial charge on any atom is 0.359 e. The molecule has 7 heteroatoms. The molecule has 0 aliphatic carbocycles. The Kier molecular flexibility index (Phi) is 3.98. The zero-order valence-electron chi connectivity index (χ0n) is 11.1. The highest BCUT2D eigenvalue weighted by Crippen LogP contribution is 2.26. The van der Waals surface area contributed by atoms with Gasteiger partial charge in [-0.3, -0.25) is 8.86 Å². The second-order valence-corrected chi connectivity index (χ2v) is 6.10. The van der Waals surface area contributed by atoms with Gasteiger partial charge in [0.1, 0.15) is 0 Å². The predicted octanol–water partition coefficient (Wildman–Crippen LogP) is 0.644. The molecule has 2 N–H and O–H groups in total. The summed E-state index contributed by atoms with van der Waals surface area (Å²) in [4.78, 5) is 2.27. The van der Waals surface area contributed by atoms with Crippen molar-refractivity contribution in [2.75, 3.05) is 42.4 Å². The Morgan fingerprint density at radius 1 is 1.32 bits per heavy atom. The number of aryl methyl sites for hydroxylation is 1. The van der Waals surface area contributed by atoms with Crippen molar-refractivity contribution >= 4 is 21.7 Å². The van der Waals surface area contributed by atoms with E-state index >= 15 is 0 Å². The van der Waals surface area contributed by atoms with E-state index in [2.05, 4.69) is 10.2 Å². The van der Waals surface area contributed by atoms with E-state index in [1.54, 1.807) is 12.1 Å². The van der Waals surface area contributed by atoms with Crippen LogP contribution in [0.2, 0.25) is 0 Å². The first-order chi connectivity index (χ1) is 8.89. The van der Waals surface area contributed by atoms with Gasteiger partial charge >= 0.3 is 10.3 Å². The number of anilines is 2. The quantitative estimate of drug-likeness (QED) is 0.798. The van der Waals surface area contributed by atoms with E-state index in [1.165, 1.54) is 7.05 Å². The number of piperazine rings is 1. The number of rotatable bonds is 3. The van der Waals surface area contributed by atoms with Crippen LogP contribution in [0, 0.1) is 6.92 Å². The molecule has 19 heavy (non-hydrogen) atoms. The second kappa shape index (κ2) is 5.36. The number of nitrogens with zero attached hydrogens (tertiary/aromatic N) is 2. The molecule has 0 saturated carbocycles. The predicted molar refractivity (Wildman–Crippen MR) is 76.2 cm³/mol. The number of nitrogens with one attached hydrogen (secondary N) is 1. The third kappa shape index (κ3) is 3.17. The minimum absolute atomic E-state index is 0.457. The smallest absolute Gasteiger partial charge is 0.359 e. The highest BCUT2D eigenvalue weighted by atomic mass is 32.2. The lowest BCUT2D eigenvalue weighted by Gasteiger charge is -2.31. The van der Waals surface area contributed by atoms with E-state index in [4.69, 9.17) is 4.55 Å². The van der Waals surface area contributed by atoms with E-state index in [1.807, 2.05) is 13.0 Å². The maximum atomic E-state index is 11.1. The van der Waals surface area contributed by atoms with Gasteiger partial charge in [0.25, 0.3) is 0 Å². The first kappa shape index (κ1) is 14.1. The Balaban J connectivity index is 2.26. The lowest BCUT2D eigenvalue weighted by molar-refractivity contribution is 0.481. The first-order valence-corrected chi connectivity index (χ1v) is 7.57. The molecule has 0 amide bonds. The molecule has 0 radical (unpaired) electrons. The molecule has 1 fully saturated rings. The van der Waals surface area contributed by atoms with Gasteiger partial charge < -0.3 is 10.2 Å². The number of hydrogen-bond donors (Lipinski definition) is 2. The fraction of sp³-hybridized carbons (Fsp3) is 0.500. The molecular weight excluding hydrogens is 266 g/mol. The van der Waals surface area contributed by atoms with E-state index in [-0.39, 0.29) is 0 Å². The third-order valence-electron chi connectivity index (χ3n) is 3.35. The molecule has 0 aromatic heterocycles. The van der Waals surface area contributed by atoms with Crippen LogP contribution in [0.1, 0.15) is 5.56 Å². The van der Waals surface area contributed by atoms with Crippen molar-refractivity contribution in [1.82, 2.24) is 5.32 Å². The highest BCUT2D eigenvalue weighted by molar-refractivity contribution is 7.87. The van der Waals surface area contributed by atoms with Crippen LogP contribution in [0.15, 0.2) is 18.2 Å². The SMILES string of the molecule is Cc1cc(N(C)S(=O)(=O)O)ccc1N1CCNCC1. The van der Waals surface area contributed by atoms with Gasteiger partial charge in [-0.05, 0) is 30.7 Å². The summed E-state index contributed by atoms with van der Waals surface area (Å²) in [6.07, 6.45) is 0. The number of benzene rings is 1. The standard InChI is InChI=1S/C12H19N3O3S/c1-10-9-11(14(2)19(16,17)18)3-4-12(10)15-7-5-13-6-8-15/h3-4,9,13H,5-8H2,1-2H3,(H,16,17,18). The second-order valence-electron chi connectivity index (χ2n) is 4.65. The molecule has 1 aromatic rings.